The Kier molecular flexibility index (Phi) is 8.64. The lowest BCUT2D eigenvalue weighted by atomic mass is 9.97. The Morgan fingerprint density at radius 2 is 1.67 bits per heavy atom. The van der Waals surface area contributed by atoms with E-state index in [0.29, 0.717) is 17.2 Å². The van der Waals surface area contributed by atoms with Gasteiger partial charge in [0.15, 0.2) is 5.76 Å². The number of hydrogen-bond acceptors (Lipinski definition) is 5. The molecule has 2 heterocycles. The van der Waals surface area contributed by atoms with Crippen molar-refractivity contribution in [1.82, 2.24) is 15.6 Å². The maximum atomic E-state index is 13.7. The Morgan fingerprint density at radius 3 is 2.22 bits per heavy atom. The summed E-state index contributed by atoms with van der Waals surface area (Å²) in [7, 11) is 0. The summed E-state index contributed by atoms with van der Waals surface area (Å²) in [5.74, 6) is -0.845. The fourth-order valence-corrected chi connectivity index (χ4v) is 3.77. The topological polar surface area (TPSA) is 105 Å². The van der Waals surface area contributed by atoms with E-state index < -0.39 is 23.4 Å². The maximum Gasteiger partial charge on any atom is 0.287 e. The molecule has 1 aromatic carbocycles. The van der Waals surface area contributed by atoms with E-state index in [2.05, 4.69) is 29.5 Å². The lowest BCUT2D eigenvalue weighted by Crippen LogP contribution is -2.51. The highest BCUT2D eigenvalue weighted by atomic mass is 16.3. The molecule has 0 saturated heterocycles. The summed E-state index contributed by atoms with van der Waals surface area (Å²) in [4.78, 5) is 45.2. The number of rotatable bonds is 9. The zero-order chi connectivity index (χ0) is 26.3. The molecule has 3 aromatic rings. The molecule has 8 nitrogen and oxygen atoms in total. The number of nitrogens with zero attached hydrogens (tertiary/aromatic N) is 2. The zero-order valence-corrected chi connectivity index (χ0v) is 21.4. The van der Waals surface area contributed by atoms with Crippen LogP contribution in [0.25, 0.3) is 0 Å². The Bertz CT molecular complexity index is 1150. The molecular weight excluding hydrogens is 456 g/mol. The molecule has 190 valence electrons. The van der Waals surface area contributed by atoms with Gasteiger partial charge in [-0.25, -0.2) is 0 Å². The Labute approximate surface area is 212 Å². The van der Waals surface area contributed by atoms with Crippen molar-refractivity contribution < 1.29 is 18.8 Å². The van der Waals surface area contributed by atoms with Gasteiger partial charge in [-0.2, -0.15) is 0 Å². The molecule has 0 spiro atoms. The first-order valence-corrected chi connectivity index (χ1v) is 12.1. The Morgan fingerprint density at radius 1 is 1.00 bits per heavy atom. The van der Waals surface area contributed by atoms with E-state index in [9.17, 15) is 14.4 Å². The highest BCUT2D eigenvalue weighted by molar-refractivity contribution is 6.04. The molecule has 0 aliphatic rings. The summed E-state index contributed by atoms with van der Waals surface area (Å²) in [5, 5.41) is 5.59. The average molecular weight is 491 g/mol. The minimum absolute atomic E-state index is 0.100. The molecule has 0 fully saturated rings. The molecule has 8 heteroatoms. The van der Waals surface area contributed by atoms with Gasteiger partial charge in [-0.3, -0.25) is 24.3 Å². The van der Waals surface area contributed by atoms with Gasteiger partial charge < -0.3 is 15.1 Å². The van der Waals surface area contributed by atoms with Crippen LogP contribution in [0.3, 0.4) is 0 Å². The van der Waals surface area contributed by atoms with E-state index >= 15 is 0 Å². The van der Waals surface area contributed by atoms with E-state index in [1.54, 1.807) is 30.6 Å². The van der Waals surface area contributed by atoms with E-state index in [-0.39, 0.29) is 18.2 Å². The summed E-state index contributed by atoms with van der Waals surface area (Å²) in [6.45, 7) is 9.57. The number of pyridine rings is 1. The van der Waals surface area contributed by atoms with Gasteiger partial charge in [-0.15, -0.1) is 0 Å². The standard InChI is InChI=1S/C28H34N4O4/c1-6-19(2)20-9-11-22(12-10-20)32(24(33)18-30-26(34)23-8-7-17-36-23)25(21-13-15-29-16-14-21)27(35)31-28(3,4)5/h7-17,19,25H,6,18H2,1-5H3,(H,30,34)(H,31,35). The monoisotopic (exact) mass is 490 g/mol. The van der Waals surface area contributed by atoms with Crippen LogP contribution in [0.5, 0.6) is 0 Å². The smallest absolute Gasteiger partial charge is 0.287 e. The van der Waals surface area contributed by atoms with Crippen LogP contribution >= 0.6 is 0 Å². The van der Waals surface area contributed by atoms with Crippen molar-refractivity contribution in [1.29, 1.82) is 0 Å². The molecule has 0 aliphatic heterocycles. The molecule has 0 aliphatic carbocycles. The second-order valence-electron chi connectivity index (χ2n) is 9.75. The molecule has 0 bridgehead atoms. The van der Waals surface area contributed by atoms with Gasteiger partial charge in [0, 0.05) is 23.6 Å². The number of carbonyl (C=O) groups excluding carboxylic acids is 3. The minimum Gasteiger partial charge on any atom is -0.459 e. The molecule has 2 N–H and O–H groups in total. The summed E-state index contributed by atoms with van der Waals surface area (Å²) in [5.41, 5.74) is 1.76. The van der Waals surface area contributed by atoms with Crippen molar-refractivity contribution in [3.63, 3.8) is 0 Å². The van der Waals surface area contributed by atoms with Gasteiger partial charge in [0.05, 0.1) is 12.8 Å². The maximum absolute atomic E-state index is 13.7. The average Bonchev–Trinajstić information content (AvgIpc) is 3.40. The number of carbonyl (C=O) groups is 3. The summed E-state index contributed by atoms with van der Waals surface area (Å²) < 4.78 is 5.12. The predicted molar refractivity (Wildman–Crippen MR) is 139 cm³/mol. The van der Waals surface area contributed by atoms with Crippen molar-refractivity contribution >= 4 is 23.4 Å². The SMILES string of the molecule is CCC(C)c1ccc(N(C(=O)CNC(=O)c2ccco2)C(C(=O)NC(C)(C)C)c2ccncc2)cc1. The van der Waals surface area contributed by atoms with Gasteiger partial charge in [0.1, 0.15) is 6.04 Å². The number of aromatic nitrogens is 1. The number of hydrogen-bond donors (Lipinski definition) is 2. The lowest BCUT2D eigenvalue weighted by Gasteiger charge is -2.34. The number of anilines is 1. The molecule has 2 atom stereocenters. The Balaban J connectivity index is 2.01. The number of furan rings is 1. The quantitative estimate of drug-likeness (QED) is 0.456. The van der Waals surface area contributed by atoms with Crippen LogP contribution in [0.1, 0.15) is 74.7 Å². The van der Waals surface area contributed by atoms with E-state index in [0.717, 1.165) is 12.0 Å². The van der Waals surface area contributed by atoms with Gasteiger partial charge in [0.25, 0.3) is 5.91 Å². The third-order valence-corrected chi connectivity index (χ3v) is 5.79. The molecular formula is C28H34N4O4. The van der Waals surface area contributed by atoms with Crippen LogP contribution in [0.4, 0.5) is 5.69 Å². The number of benzene rings is 1. The molecule has 2 unspecified atom stereocenters. The van der Waals surface area contributed by atoms with Gasteiger partial charge >= 0.3 is 0 Å². The molecule has 3 rings (SSSR count). The van der Waals surface area contributed by atoms with Crippen LogP contribution in [0, 0.1) is 0 Å². The van der Waals surface area contributed by atoms with Crippen molar-refractivity contribution in [2.75, 3.05) is 11.4 Å². The lowest BCUT2D eigenvalue weighted by molar-refractivity contribution is -0.127. The van der Waals surface area contributed by atoms with Crippen molar-refractivity contribution in [2.24, 2.45) is 0 Å². The third kappa shape index (κ3) is 6.81. The summed E-state index contributed by atoms with van der Waals surface area (Å²) >= 11 is 0. The largest absolute Gasteiger partial charge is 0.459 e. The van der Waals surface area contributed by atoms with Crippen molar-refractivity contribution in [3.8, 4) is 0 Å². The van der Waals surface area contributed by atoms with Crippen LogP contribution in [-0.4, -0.2) is 34.8 Å². The predicted octanol–water partition coefficient (Wildman–Crippen LogP) is 4.61. The van der Waals surface area contributed by atoms with E-state index in [1.165, 1.54) is 17.2 Å². The van der Waals surface area contributed by atoms with Crippen molar-refractivity contribution in [2.45, 2.75) is 58.5 Å². The van der Waals surface area contributed by atoms with Gasteiger partial charge in [0.2, 0.25) is 11.8 Å². The van der Waals surface area contributed by atoms with Crippen LogP contribution in [0.15, 0.2) is 71.6 Å². The highest BCUT2D eigenvalue weighted by Crippen LogP contribution is 2.30. The summed E-state index contributed by atoms with van der Waals surface area (Å²) in [6, 6.07) is 13.2. The molecule has 0 radical (unpaired) electrons. The molecule has 36 heavy (non-hydrogen) atoms. The number of nitrogens with one attached hydrogen (secondary N) is 2. The van der Waals surface area contributed by atoms with E-state index in [1.807, 2.05) is 45.0 Å². The fraction of sp³-hybridized carbons (Fsp3) is 0.357. The minimum atomic E-state index is -0.977. The second-order valence-corrected chi connectivity index (χ2v) is 9.75. The van der Waals surface area contributed by atoms with Crippen LogP contribution in [-0.2, 0) is 9.59 Å². The molecule has 0 saturated carbocycles. The van der Waals surface area contributed by atoms with E-state index in [4.69, 9.17) is 4.42 Å². The second kappa shape index (κ2) is 11.7. The molecule has 3 amide bonds. The van der Waals surface area contributed by atoms with Crippen LogP contribution < -0.4 is 15.5 Å². The fourth-order valence-electron chi connectivity index (χ4n) is 3.77. The molecule has 2 aromatic heterocycles. The first-order valence-electron chi connectivity index (χ1n) is 12.1. The first-order chi connectivity index (χ1) is 17.1. The third-order valence-electron chi connectivity index (χ3n) is 5.79. The van der Waals surface area contributed by atoms with Gasteiger partial charge in [-0.1, -0.05) is 26.0 Å². The first kappa shape index (κ1) is 26.7. The van der Waals surface area contributed by atoms with Crippen LogP contribution in [0.2, 0.25) is 0 Å². The Hall–Kier alpha value is -3.94. The normalized spacial score (nSPS) is 12.9. The summed E-state index contributed by atoms with van der Waals surface area (Å²) in [6.07, 6.45) is 5.53. The number of amides is 3. The highest BCUT2D eigenvalue weighted by Gasteiger charge is 2.34. The van der Waals surface area contributed by atoms with Gasteiger partial charge in [-0.05, 0) is 80.6 Å². The zero-order valence-electron chi connectivity index (χ0n) is 21.4. The van der Waals surface area contributed by atoms with Crippen molar-refractivity contribution in [3.05, 3.63) is 84.1 Å².